The number of hydrogen-bond acceptors (Lipinski definition) is 2. The van der Waals surface area contributed by atoms with Gasteiger partial charge in [-0.25, -0.2) is 12.8 Å². The molecule has 0 unspecified atom stereocenters. The van der Waals surface area contributed by atoms with Gasteiger partial charge in [0.25, 0.3) is 10.0 Å². The van der Waals surface area contributed by atoms with Gasteiger partial charge in [-0.05, 0) is 52.3 Å². The number of anilines is 1. The van der Waals surface area contributed by atoms with Gasteiger partial charge in [0.2, 0.25) is 0 Å². The molecule has 8 heteroatoms. The lowest BCUT2D eigenvalue weighted by molar-refractivity contribution is 0.593. The molecule has 106 valence electrons. The molecule has 0 heterocycles. The predicted octanol–water partition coefficient (Wildman–Crippen LogP) is 4.70. The highest BCUT2D eigenvalue weighted by atomic mass is 79.9. The van der Waals surface area contributed by atoms with E-state index in [-0.39, 0.29) is 20.1 Å². The summed E-state index contributed by atoms with van der Waals surface area (Å²) in [7, 11) is -3.95. The fourth-order valence-corrected chi connectivity index (χ4v) is 3.15. The third kappa shape index (κ3) is 3.44. The lowest BCUT2D eigenvalue weighted by Gasteiger charge is -2.10. The third-order valence-corrected chi connectivity index (χ3v) is 4.95. The van der Waals surface area contributed by atoms with E-state index in [1.165, 1.54) is 30.3 Å². The average Bonchev–Trinajstić information content (AvgIpc) is 2.36. The lowest BCUT2D eigenvalue weighted by Crippen LogP contribution is -2.13. The van der Waals surface area contributed by atoms with Gasteiger partial charge >= 0.3 is 0 Å². The molecular formula is C12H7BrCl2FNO2S. The molecule has 20 heavy (non-hydrogen) atoms. The van der Waals surface area contributed by atoms with Crippen LogP contribution in [0.2, 0.25) is 10.0 Å². The van der Waals surface area contributed by atoms with E-state index < -0.39 is 15.8 Å². The van der Waals surface area contributed by atoms with Crippen LogP contribution in [0.5, 0.6) is 0 Å². The van der Waals surface area contributed by atoms with Gasteiger partial charge in [-0.1, -0.05) is 23.2 Å². The van der Waals surface area contributed by atoms with E-state index in [2.05, 4.69) is 20.7 Å². The molecule has 0 radical (unpaired) electrons. The second-order valence-electron chi connectivity index (χ2n) is 3.81. The predicted molar refractivity (Wildman–Crippen MR) is 81.4 cm³/mol. The van der Waals surface area contributed by atoms with E-state index in [4.69, 9.17) is 23.2 Å². The number of sulfonamides is 1. The normalized spacial score (nSPS) is 11.4. The van der Waals surface area contributed by atoms with E-state index in [1.807, 2.05) is 0 Å². The van der Waals surface area contributed by atoms with Gasteiger partial charge in [0, 0.05) is 5.02 Å². The second-order valence-corrected chi connectivity index (χ2v) is 7.19. The number of hydrogen-bond donors (Lipinski definition) is 1. The summed E-state index contributed by atoms with van der Waals surface area (Å²) in [4.78, 5) is -0.214. The van der Waals surface area contributed by atoms with Crippen LogP contribution in [-0.4, -0.2) is 8.42 Å². The van der Waals surface area contributed by atoms with Crippen LogP contribution in [0, 0.1) is 5.82 Å². The van der Waals surface area contributed by atoms with Crippen LogP contribution in [0.15, 0.2) is 45.8 Å². The highest BCUT2D eigenvalue weighted by Crippen LogP contribution is 2.28. The molecule has 0 fully saturated rings. The van der Waals surface area contributed by atoms with Crippen molar-refractivity contribution in [2.24, 2.45) is 0 Å². The Bertz CT molecular complexity index is 768. The molecule has 2 rings (SSSR count). The standard InChI is InChI=1S/C12H7BrCl2FNO2S/c13-9-3-2-8(6-11(9)16)20(18,19)17-12-5-7(14)1-4-10(12)15/h1-6,17H. The highest BCUT2D eigenvalue weighted by molar-refractivity contribution is 9.10. The molecule has 0 aliphatic carbocycles. The fraction of sp³-hybridized carbons (Fsp3) is 0. The Morgan fingerprint density at radius 3 is 2.45 bits per heavy atom. The summed E-state index contributed by atoms with van der Waals surface area (Å²) < 4.78 is 40.1. The second kappa shape index (κ2) is 5.89. The monoisotopic (exact) mass is 397 g/mol. The molecule has 2 aromatic rings. The van der Waals surface area contributed by atoms with Crippen molar-refractivity contribution in [3.05, 3.63) is 56.7 Å². The molecule has 0 bridgehead atoms. The molecule has 0 aliphatic heterocycles. The third-order valence-electron chi connectivity index (χ3n) is 2.37. The van der Waals surface area contributed by atoms with Crippen LogP contribution in [-0.2, 0) is 10.0 Å². The molecule has 3 nitrogen and oxygen atoms in total. The average molecular weight is 399 g/mol. The summed E-state index contributed by atoms with van der Waals surface area (Å²) in [6.45, 7) is 0. The Balaban J connectivity index is 2.40. The van der Waals surface area contributed by atoms with Gasteiger partial charge < -0.3 is 0 Å². The largest absolute Gasteiger partial charge is 0.278 e. The summed E-state index contributed by atoms with van der Waals surface area (Å²) in [5, 5.41) is 0.518. The summed E-state index contributed by atoms with van der Waals surface area (Å²) >= 11 is 14.6. The lowest BCUT2D eigenvalue weighted by atomic mass is 10.3. The van der Waals surface area contributed by atoms with Gasteiger partial charge in [0.15, 0.2) is 0 Å². The van der Waals surface area contributed by atoms with Crippen LogP contribution in [0.3, 0.4) is 0 Å². The minimum atomic E-state index is -3.95. The Morgan fingerprint density at radius 2 is 1.80 bits per heavy atom. The minimum Gasteiger partial charge on any atom is -0.278 e. The molecule has 1 N–H and O–H groups in total. The maximum Gasteiger partial charge on any atom is 0.262 e. The van der Waals surface area contributed by atoms with Crippen LogP contribution in [0.1, 0.15) is 0 Å². The first kappa shape index (κ1) is 15.6. The zero-order chi connectivity index (χ0) is 14.9. The molecule has 0 atom stereocenters. The van der Waals surface area contributed by atoms with E-state index in [9.17, 15) is 12.8 Å². The first-order valence-electron chi connectivity index (χ1n) is 5.22. The van der Waals surface area contributed by atoms with Gasteiger partial charge in [0.05, 0.1) is 20.1 Å². The Kier molecular flexibility index (Phi) is 4.59. The Labute approximate surface area is 133 Å². The molecule has 0 aromatic heterocycles. The first-order chi connectivity index (χ1) is 9.29. The first-order valence-corrected chi connectivity index (χ1v) is 8.26. The number of benzene rings is 2. The van der Waals surface area contributed by atoms with E-state index in [0.717, 1.165) is 6.07 Å². The van der Waals surface area contributed by atoms with Crippen molar-refractivity contribution in [3.63, 3.8) is 0 Å². The van der Waals surface area contributed by atoms with Crippen molar-refractivity contribution in [3.8, 4) is 0 Å². The van der Waals surface area contributed by atoms with Crippen LogP contribution in [0.4, 0.5) is 10.1 Å². The van der Waals surface area contributed by atoms with E-state index >= 15 is 0 Å². The minimum absolute atomic E-state index is 0.127. The quantitative estimate of drug-likeness (QED) is 0.814. The fourth-order valence-electron chi connectivity index (χ4n) is 1.42. The van der Waals surface area contributed by atoms with E-state index in [0.29, 0.717) is 5.02 Å². The van der Waals surface area contributed by atoms with Crippen molar-refractivity contribution in [2.75, 3.05) is 4.72 Å². The molecule has 2 aromatic carbocycles. The maximum absolute atomic E-state index is 13.4. The van der Waals surface area contributed by atoms with Crippen LogP contribution >= 0.6 is 39.1 Å². The molecule has 0 aliphatic rings. The summed E-state index contributed by atoms with van der Waals surface area (Å²) in [5.74, 6) is -0.676. The molecule has 0 amide bonds. The zero-order valence-electron chi connectivity index (χ0n) is 9.70. The van der Waals surface area contributed by atoms with Crippen molar-refractivity contribution in [2.45, 2.75) is 4.90 Å². The van der Waals surface area contributed by atoms with Crippen molar-refractivity contribution < 1.29 is 12.8 Å². The van der Waals surface area contributed by atoms with Crippen LogP contribution in [0.25, 0.3) is 0 Å². The topological polar surface area (TPSA) is 46.2 Å². The number of nitrogens with one attached hydrogen (secondary N) is 1. The molecular weight excluding hydrogens is 392 g/mol. The smallest absolute Gasteiger partial charge is 0.262 e. The maximum atomic E-state index is 13.4. The highest BCUT2D eigenvalue weighted by Gasteiger charge is 2.17. The Hall–Kier alpha value is -0.820. The van der Waals surface area contributed by atoms with E-state index in [1.54, 1.807) is 0 Å². The summed E-state index contributed by atoms with van der Waals surface area (Å²) in [6.07, 6.45) is 0. The Morgan fingerprint density at radius 1 is 1.10 bits per heavy atom. The van der Waals surface area contributed by atoms with Crippen molar-refractivity contribution >= 4 is 54.8 Å². The van der Waals surface area contributed by atoms with Gasteiger partial charge in [0.1, 0.15) is 5.82 Å². The summed E-state index contributed by atoms with van der Waals surface area (Å²) in [6, 6.07) is 7.85. The van der Waals surface area contributed by atoms with Crippen molar-refractivity contribution in [1.82, 2.24) is 0 Å². The van der Waals surface area contributed by atoms with Crippen molar-refractivity contribution in [1.29, 1.82) is 0 Å². The SMILES string of the molecule is O=S(=O)(Nc1cc(Cl)ccc1Cl)c1ccc(Br)c(F)c1. The molecule has 0 saturated heterocycles. The molecule has 0 saturated carbocycles. The van der Waals surface area contributed by atoms with Crippen LogP contribution < -0.4 is 4.72 Å². The van der Waals surface area contributed by atoms with Gasteiger partial charge in [-0.2, -0.15) is 0 Å². The zero-order valence-corrected chi connectivity index (χ0v) is 13.6. The number of rotatable bonds is 3. The van der Waals surface area contributed by atoms with Gasteiger partial charge in [-0.3, -0.25) is 4.72 Å². The van der Waals surface area contributed by atoms with Gasteiger partial charge in [-0.15, -0.1) is 0 Å². The summed E-state index contributed by atoms with van der Waals surface area (Å²) in [5.41, 5.74) is 0.127. The number of halogens is 4. The molecule has 0 spiro atoms.